The van der Waals surface area contributed by atoms with E-state index >= 15 is 0 Å². The predicted octanol–water partition coefficient (Wildman–Crippen LogP) is 0.273. The molecule has 17 heavy (non-hydrogen) atoms. The van der Waals surface area contributed by atoms with Gasteiger partial charge in [0.05, 0.1) is 6.04 Å². The van der Waals surface area contributed by atoms with Gasteiger partial charge in [0, 0.05) is 11.9 Å². The van der Waals surface area contributed by atoms with Crippen LogP contribution in [-0.4, -0.2) is 26.1 Å². The first-order valence-electron chi connectivity index (χ1n) is 5.04. The van der Waals surface area contributed by atoms with E-state index in [2.05, 4.69) is 25.5 Å². The molecule has 0 aromatic carbocycles. The van der Waals surface area contributed by atoms with Crippen molar-refractivity contribution < 1.29 is 4.79 Å². The lowest BCUT2D eigenvalue weighted by Gasteiger charge is -2.10. The largest absolute Gasteiger partial charge is 0.399 e. The van der Waals surface area contributed by atoms with Gasteiger partial charge < -0.3 is 11.1 Å². The number of rotatable bonds is 3. The average molecular weight is 232 g/mol. The van der Waals surface area contributed by atoms with Crippen molar-refractivity contribution in [1.82, 2.24) is 25.5 Å². The highest BCUT2D eigenvalue weighted by Gasteiger charge is 2.14. The number of aromatic amines is 1. The molecule has 0 bridgehead atoms. The van der Waals surface area contributed by atoms with Gasteiger partial charge in [0.1, 0.15) is 17.8 Å². The average Bonchev–Trinajstić information content (AvgIpc) is 2.82. The Morgan fingerprint density at radius 1 is 1.53 bits per heavy atom. The van der Waals surface area contributed by atoms with E-state index in [0.717, 1.165) is 0 Å². The molecule has 0 spiro atoms. The zero-order chi connectivity index (χ0) is 12.3. The molecule has 1 unspecified atom stereocenters. The van der Waals surface area contributed by atoms with Crippen LogP contribution in [0.25, 0.3) is 0 Å². The van der Waals surface area contributed by atoms with E-state index in [1.54, 1.807) is 13.0 Å². The van der Waals surface area contributed by atoms with Crippen LogP contribution < -0.4 is 11.1 Å². The Labute approximate surface area is 97.5 Å². The maximum absolute atomic E-state index is 11.8. The highest BCUT2D eigenvalue weighted by molar-refractivity contribution is 5.93. The summed E-state index contributed by atoms with van der Waals surface area (Å²) in [5, 5.41) is 9.13. The molecule has 2 aromatic rings. The van der Waals surface area contributed by atoms with Crippen molar-refractivity contribution in [2.75, 3.05) is 5.73 Å². The van der Waals surface area contributed by atoms with Crippen molar-refractivity contribution in [1.29, 1.82) is 0 Å². The molecule has 0 radical (unpaired) electrons. The number of aromatic nitrogens is 4. The van der Waals surface area contributed by atoms with Gasteiger partial charge in [-0.3, -0.25) is 14.9 Å². The number of nitrogen functional groups attached to an aromatic ring is 1. The molecule has 1 amide bonds. The number of anilines is 1. The van der Waals surface area contributed by atoms with Crippen molar-refractivity contribution in [3.63, 3.8) is 0 Å². The quantitative estimate of drug-likeness (QED) is 0.703. The van der Waals surface area contributed by atoms with Gasteiger partial charge in [-0.05, 0) is 19.1 Å². The minimum absolute atomic E-state index is 0.270. The van der Waals surface area contributed by atoms with Gasteiger partial charge in [0.25, 0.3) is 5.91 Å². The Morgan fingerprint density at radius 2 is 2.35 bits per heavy atom. The third-order valence-corrected chi connectivity index (χ3v) is 2.21. The number of pyridine rings is 1. The van der Waals surface area contributed by atoms with E-state index in [-0.39, 0.29) is 17.6 Å². The van der Waals surface area contributed by atoms with Crippen LogP contribution in [0.15, 0.2) is 24.7 Å². The third kappa shape index (κ3) is 2.57. The van der Waals surface area contributed by atoms with Gasteiger partial charge in [-0.1, -0.05) is 0 Å². The molecule has 4 N–H and O–H groups in total. The van der Waals surface area contributed by atoms with Gasteiger partial charge in [-0.15, -0.1) is 0 Å². The summed E-state index contributed by atoms with van der Waals surface area (Å²) in [6.45, 7) is 1.80. The van der Waals surface area contributed by atoms with E-state index in [1.165, 1.54) is 18.6 Å². The zero-order valence-corrected chi connectivity index (χ0v) is 9.21. The number of carbonyl (C=O) groups is 1. The van der Waals surface area contributed by atoms with Crippen LogP contribution in [0.2, 0.25) is 0 Å². The van der Waals surface area contributed by atoms with Crippen LogP contribution in [0.3, 0.4) is 0 Å². The number of carbonyl (C=O) groups excluding carboxylic acids is 1. The van der Waals surface area contributed by atoms with Crippen molar-refractivity contribution in [2.24, 2.45) is 0 Å². The summed E-state index contributed by atoms with van der Waals surface area (Å²) in [5.74, 6) is 0.281. The number of hydrogen-bond donors (Lipinski definition) is 3. The Kier molecular flexibility index (Phi) is 2.99. The normalized spacial score (nSPS) is 12.1. The van der Waals surface area contributed by atoms with Gasteiger partial charge in [0.2, 0.25) is 0 Å². The second-order valence-electron chi connectivity index (χ2n) is 3.54. The summed E-state index contributed by atoms with van der Waals surface area (Å²) < 4.78 is 0. The molecule has 0 saturated carbocycles. The third-order valence-electron chi connectivity index (χ3n) is 2.21. The van der Waals surface area contributed by atoms with E-state index < -0.39 is 0 Å². The Bertz CT molecular complexity index is 509. The first kappa shape index (κ1) is 11.1. The first-order valence-corrected chi connectivity index (χ1v) is 5.04. The highest BCUT2D eigenvalue weighted by atomic mass is 16.1. The summed E-state index contributed by atoms with van der Waals surface area (Å²) >= 11 is 0. The summed E-state index contributed by atoms with van der Waals surface area (Å²) in [7, 11) is 0. The van der Waals surface area contributed by atoms with Crippen LogP contribution in [-0.2, 0) is 0 Å². The van der Waals surface area contributed by atoms with Crippen LogP contribution in [0.4, 0.5) is 5.69 Å². The molecule has 88 valence electrons. The first-order chi connectivity index (χ1) is 8.16. The lowest BCUT2D eigenvalue weighted by molar-refractivity contribution is 0.0933. The van der Waals surface area contributed by atoms with Crippen LogP contribution >= 0.6 is 0 Å². The number of nitrogens with zero attached hydrogens (tertiary/aromatic N) is 3. The van der Waals surface area contributed by atoms with Crippen molar-refractivity contribution in [3.8, 4) is 0 Å². The molecule has 0 aliphatic heterocycles. The lowest BCUT2D eigenvalue weighted by Crippen LogP contribution is -2.28. The molecule has 7 heteroatoms. The number of nitrogens with one attached hydrogen (secondary N) is 2. The molecule has 0 aliphatic rings. The van der Waals surface area contributed by atoms with Crippen LogP contribution in [0.1, 0.15) is 29.3 Å². The molecule has 1 atom stereocenters. The fraction of sp³-hybridized carbons (Fsp3) is 0.200. The van der Waals surface area contributed by atoms with E-state index in [4.69, 9.17) is 5.73 Å². The minimum atomic E-state index is -0.304. The standard InChI is InChI=1S/C10H12N6O/c1-6(9-13-5-14-16-9)15-10(17)8-4-7(11)2-3-12-8/h2-6H,1H3,(H2,11,12)(H,15,17)(H,13,14,16). The molecule has 7 nitrogen and oxygen atoms in total. The molecule has 0 fully saturated rings. The molecule has 2 rings (SSSR count). The monoisotopic (exact) mass is 232 g/mol. The fourth-order valence-corrected chi connectivity index (χ4v) is 1.33. The molecular weight excluding hydrogens is 220 g/mol. The molecular formula is C10H12N6O. The number of hydrogen-bond acceptors (Lipinski definition) is 5. The maximum Gasteiger partial charge on any atom is 0.270 e. The topological polar surface area (TPSA) is 110 Å². The van der Waals surface area contributed by atoms with Crippen molar-refractivity contribution in [2.45, 2.75) is 13.0 Å². The number of H-pyrrole nitrogens is 1. The van der Waals surface area contributed by atoms with E-state index in [1.807, 2.05) is 0 Å². The minimum Gasteiger partial charge on any atom is -0.399 e. The van der Waals surface area contributed by atoms with Gasteiger partial charge in [0.15, 0.2) is 0 Å². The van der Waals surface area contributed by atoms with Crippen molar-refractivity contribution in [3.05, 3.63) is 36.2 Å². The summed E-state index contributed by atoms with van der Waals surface area (Å²) in [6, 6.07) is 2.87. The maximum atomic E-state index is 11.8. The molecule has 0 aliphatic carbocycles. The van der Waals surface area contributed by atoms with Crippen LogP contribution in [0, 0.1) is 0 Å². The molecule has 2 heterocycles. The number of nitrogens with two attached hydrogens (primary N) is 1. The number of amides is 1. The fourth-order valence-electron chi connectivity index (χ4n) is 1.33. The highest BCUT2D eigenvalue weighted by Crippen LogP contribution is 2.07. The summed E-state index contributed by atoms with van der Waals surface area (Å²) in [6.07, 6.45) is 2.88. The smallest absolute Gasteiger partial charge is 0.270 e. The summed E-state index contributed by atoms with van der Waals surface area (Å²) in [5.41, 5.74) is 6.35. The second-order valence-corrected chi connectivity index (χ2v) is 3.54. The zero-order valence-electron chi connectivity index (χ0n) is 9.21. The van der Waals surface area contributed by atoms with Gasteiger partial charge in [-0.2, -0.15) is 5.10 Å². The van der Waals surface area contributed by atoms with Gasteiger partial charge in [-0.25, -0.2) is 4.98 Å². The lowest BCUT2D eigenvalue weighted by atomic mass is 10.2. The van der Waals surface area contributed by atoms with E-state index in [0.29, 0.717) is 11.5 Å². The van der Waals surface area contributed by atoms with Gasteiger partial charge >= 0.3 is 0 Å². The predicted molar refractivity (Wildman–Crippen MR) is 60.9 cm³/mol. The molecule has 2 aromatic heterocycles. The molecule has 0 saturated heterocycles. The second kappa shape index (κ2) is 4.60. The Balaban J connectivity index is 2.07. The SMILES string of the molecule is CC(NC(=O)c1cc(N)ccn1)c1ncn[nH]1. The van der Waals surface area contributed by atoms with E-state index in [9.17, 15) is 4.79 Å². The Hall–Kier alpha value is -2.44. The Morgan fingerprint density at radius 3 is 3.00 bits per heavy atom. The van der Waals surface area contributed by atoms with Crippen molar-refractivity contribution >= 4 is 11.6 Å². The van der Waals surface area contributed by atoms with Crippen LogP contribution in [0.5, 0.6) is 0 Å². The summed E-state index contributed by atoms with van der Waals surface area (Å²) in [4.78, 5) is 19.7.